The van der Waals surface area contributed by atoms with Crippen LogP contribution in [0.5, 0.6) is 0 Å². The minimum atomic E-state index is -1.07. The van der Waals surface area contributed by atoms with E-state index in [-0.39, 0.29) is 19.8 Å². The maximum absolute atomic E-state index is 11.9. The van der Waals surface area contributed by atoms with Crippen molar-refractivity contribution in [2.45, 2.75) is 85.8 Å². The molecule has 0 radical (unpaired) electrons. The Kier molecular flexibility index (Phi) is 18.9. The van der Waals surface area contributed by atoms with E-state index >= 15 is 0 Å². The number of hydrogen-bond acceptors (Lipinski definition) is 16. The Labute approximate surface area is 266 Å². The van der Waals surface area contributed by atoms with E-state index in [9.17, 15) is 4.79 Å². The number of carbonyl (C=O) groups is 1. The summed E-state index contributed by atoms with van der Waals surface area (Å²) in [4.78, 5) is 11.9. The molecule has 0 aromatic heterocycles. The second-order valence-corrected chi connectivity index (χ2v) is 10.5. The summed E-state index contributed by atoms with van der Waals surface area (Å²) in [6, 6.07) is 0. The molecule has 2 aliphatic rings. The van der Waals surface area contributed by atoms with Crippen LogP contribution in [0, 0.1) is 0 Å². The molecule has 14 unspecified atom stereocenters. The molecule has 266 valence electrons. The maximum Gasteiger partial charge on any atom is 0.187 e. The molecule has 2 heterocycles. The number of methoxy groups -OCH3 is 11. The minimum Gasteiger partial charge on any atom is -0.382 e. The fourth-order valence-electron chi connectivity index (χ4n) is 5.92. The van der Waals surface area contributed by atoms with Crippen molar-refractivity contribution in [1.29, 1.82) is 0 Å². The predicted octanol–water partition coefficient (Wildman–Crippen LogP) is -0.535. The largest absolute Gasteiger partial charge is 0.382 e. The fourth-order valence-corrected chi connectivity index (χ4v) is 5.92. The van der Waals surface area contributed by atoms with Gasteiger partial charge in [-0.25, -0.2) is 0 Å². The lowest BCUT2D eigenvalue weighted by Gasteiger charge is -2.50. The molecule has 14 atom stereocenters. The molecular formula is C29H54O16. The van der Waals surface area contributed by atoms with Crippen LogP contribution in [0.25, 0.3) is 0 Å². The summed E-state index contributed by atoms with van der Waals surface area (Å²) in [6.07, 6.45) is -10.3. The van der Waals surface area contributed by atoms with Gasteiger partial charge in [0.05, 0.1) is 19.8 Å². The van der Waals surface area contributed by atoms with E-state index in [1.165, 1.54) is 56.9 Å². The standard InChI is InChI=1S/C29H54O16/c1-31-13-17(35-5)22(20(36-6)16(12-30)34-4)44-29-27(41-11)25(39-9)23(19(43-29)15-33-3)45-28-26(40-10)24(38-8)21(37-7)18(42-28)14-32-2/h12,16-29H,13-15H2,1-11H3. The molecule has 0 aromatic rings. The van der Waals surface area contributed by atoms with Crippen molar-refractivity contribution < 1.29 is 75.8 Å². The third kappa shape index (κ3) is 9.81. The molecule has 16 heteroatoms. The van der Waals surface area contributed by atoms with Crippen LogP contribution in [-0.2, 0) is 75.8 Å². The van der Waals surface area contributed by atoms with Gasteiger partial charge in [0.2, 0.25) is 0 Å². The first-order valence-corrected chi connectivity index (χ1v) is 14.6. The predicted molar refractivity (Wildman–Crippen MR) is 155 cm³/mol. The molecule has 0 amide bonds. The summed E-state index contributed by atoms with van der Waals surface area (Å²) in [5.74, 6) is 0. The van der Waals surface area contributed by atoms with E-state index in [1.54, 1.807) is 21.3 Å². The van der Waals surface area contributed by atoms with Gasteiger partial charge in [0, 0.05) is 78.2 Å². The van der Waals surface area contributed by atoms with E-state index in [1.807, 2.05) is 0 Å². The van der Waals surface area contributed by atoms with Gasteiger partial charge in [-0.15, -0.1) is 0 Å². The van der Waals surface area contributed by atoms with Gasteiger partial charge < -0.3 is 75.8 Å². The lowest BCUT2D eigenvalue weighted by atomic mass is 9.96. The van der Waals surface area contributed by atoms with E-state index < -0.39 is 85.8 Å². The Morgan fingerprint density at radius 2 is 1.07 bits per heavy atom. The van der Waals surface area contributed by atoms with Crippen LogP contribution in [0.4, 0.5) is 0 Å². The van der Waals surface area contributed by atoms with Crippen molar-refractivity contribution in [3.05, 3.63) is 0 Å². The summed E-state index contributed by atoms with van der Waals surface area (Å²) in [6.45, 7) is 0.417. The van der Waals surface area contributed by atoms with Crippen molar-refractivity contribution in [3.8, 4) is 0 Å². The van der Waals surface area contributed by atoms with Gasteiger partial charge in [-0.05, 0) is 0 Å². The van der Waals surface area contributed by atoms with Gasteiger partial charge in [-0.1, -0.05) is 0 Å². The number of aldehydes is 1. The van der Waals surface area contributed by atoms with Crippen molar-refractivity contribution >= 4 is 6.29 Å². The van der Waals surface area contributed by atoms with Crippen LogP contribution in [-0.4, -0.2) is 190 Å². The lowest BCUT2D eigenvalue weighted by Crippen LogP contribution is -2.67. The summed E-state index contributed by atoms with van der Waals surface area (Å²) < 4.78 is 88.1. The summed E-state index contributed by atoms with van der Waals surface area (Å²) >= 11 is 0. The zero-order valence-electron chi connectivity index (χ0n) is 28.3. The summed E-state index contributed by atoms with van der Waals surface area (Å²) in [5, 5.41) is 0. The number of ether oxygens (including phenoxy) is 15. The van der Waals surface area contributed by atoms with Gasteiger partial charge in [0.25, 0.3) is 0 Å². The Morgan fingerprint density at radius 3 is 1.51 bits per heavy atom. The molecular weight excluding hydrogens is 604 g/mol. The van der Waals surface area contributed by atoms with Crippen LogP contribution >= 0.6 is 0 Å². The first-order chi connectivity index (χ1) is 21.8. The van der Waals surface area contributed by atoms with Crippen LogP contribution < -0.4 is 0 Å². The molecule has 2 aliphatic heterocycles. The minimum absolute atomic E-state index is 0.0836. The van der Waals surface area contributed by atoms with Gasteiger partial charge in [0.1, 0.15) is 73.2 Å². The Hall–Kier alpha value is -0.930. The third-order valence-electron chi connectivity index (χ3n) is 8.11. The zero-order chi connectivity index (χ0) is 33.5. The SMILES string of the molecule is COCC(OC)C(OC1OC(COC)C(OC2OC(COC)C(OC)C(OC)C2OC)C(OC)C1OC)C(OC)C(C=O)OC. The lowest BCUT2D eigenvalue weighted by molar-refractivity contribution is -0.375. The van der Waals surface area contributed by atoms with Gasteiger partial charge in [-0.3, -0.25) is 0 Å². The highest BCUT2D eigenvalue weighted by Gasteiger charge is 2.54. The van der Waals surface area contributed by atoms with Crippen LogP contribution in [0.1, 0.15) is 0 Å². The van der Waals surface area contributed by atoms with Gasteiger partial charge in [0.15, 0.2) is 18.9 Å². The summed E-state index contributed by atoms with van der Waals surface area (Å²) in [5.41, 5.74) is 0. The quantitative estimate of drug-likeness (QED) is 0.137. The normalized spacial score (nSPS) is 35.1. The van der Waals surface area contributed by atoms with Crippen molar-refractivity contribution in [3.63, 3.8) is 0 Å². The van der Waals surface area contributed by atoms with Crippen molar-refractivity contribution in [1.82, 2.24) is 0 Å². The second-order valence-electron chi connectivity index (χ2n) is 10.5. The molecule has 45 heavy (non-hydrogen) atoms. The fraction of sp³-hybridized carbons (Fsp3) is 0.966. The van der Waals surface area contributed by atoms with Crippen molar-refractivity contribution in [2.75, 3.05) is 98.0 Å². The average Bonchev–Trinajstić information content (AvgIpc) is 3.05. The number of rotatable bonds is 22. The molecule has 0 bridgehead atoms. The topological polar surface area (TPSA) is 156 Å². The molecule has 2 saturated heterocycles. The van der Waals surface area contributed by atoms with E-state index in [2.05, 4.69) is 0 Å². The zero-order valence-corrected chi connectivity index (χ0v) is 28.3. The first kappa shape index (κ1) is 40.2. The van der Waals surface area contributed by atoms with Crippen molar-refractivity contribution in [2.24, 2.45) is 0 Å². The molecule has 2 fully saturated rings. The molecule has 0 aromatic carbocycles. The molecule has 0 spiro atoms. The van der Waals surface area contributed by atoms with Crippen LogP contribution in [0.15, 0.2) is 0 Å². The molecule has 0 aliphatic carbocycles. The highest BCUT2D eigenvalue weighted by atomic mass is 16.8. The number of carbonyl (C=O) groups excluding carboxylic acids is 1. The highest BCUT2D eigenvalue weighted by Crippen LogP contribution is 2.35. The Bertz CT molecular complexity index is 793. The molecule has 0 N–H and O–H groups in total. The smallest absolute Gasteiger partial charge is 0.187 e. The van der Waals surface area contributed by atoms with Gasteiger partial charge >= 0.3 is 0 Å². The van der Waals surface area contributed by atoms with Crippen LogP contribution in [0.3, 0.4) is 0 Å². The van der Waals surface area contributed by atoms with E-state index in [4.69, 9.17) is 71.1 Å². The molecule has 16 nitrogen and oxygen atoms in total. The highest BCUT2D eigenvalue weighted by molar-refractivity contribution is 5.57. The van der Waals surface area contributed by atoms with E-state index in [0.29, 0.717) is 6.29 Å². The average molecular weight is 659 g/mol. The third-order valence-corrected chi connectivity index (χ3v) is 8.11. The monoisotopic (exact) mass is 658 g/mol. The maximum atomic E-state index is 11.9. The van der Waals surface area contributed by atoms with Crippen LogP contribution in [0.2, 0.25) is 0 Å². The molecule has 0 saturated carbocycles. The van der Waals surface area contributed by atoms with Gasteiger partial charge in [-0.2, -0.15) is 0 Å². The van der Waals surface area contributed by atoms with E-state index in [0.717, 1.165) is 0 Å². The number of hydrogen-bond donors (Lipinski definition) is 0. The first-order valence-electron chi connectivity index (χ1n) is 14.6. The Morgan fingerprint density at radius 1 is 0.556 bits per heavy atom. The molecule has 2 rings (SSSR count). The Balaban J connectivity index is 2.48. The second kappa shape index (κ2) is 21.1. The summed E-state index contributed by atoms with van der Waals surface area (Å²) in [7, 11) is 16.6.